The molecule has 0 aliphatic rings. The summed E-state index contributed by atoms with van der Waals surface area (Å²) >= 11 is 0. The first-order valence-electron chi connectivity index (χ1n) is 12.3. The molecule has 11 nitrogen and oxygen atoms in total. The second-order valence-electron chi connectivity index (χ2n) is 9.11. The molecular weight excluding hydrogens is 538 g/mol. The summed E-state index contributed by atoms with van der Waals surface area (Å²) in [5.41, 5.74) is 3.58. The van der Waals surface area contributed by atoms with E-state index in [1.165, 1.54) is 27.8 Å². The molecule has 1 atom stereocenters. The monoisotopic (exact) mass is 568 g/mol. The van der Waals surface area contributed by atoms with Crippen molar-refractivity contribution in [1.29, 1.82) is 0 Å². The van der Waals surface area contributed by atoms with Crippen LogP contribution in [0, 0.1) is 5.95 Å². The van der Waals surface area contributed by atoms with Gasteiger partial charge in [0, 0.05) is 72.6 Å². The van der Waals surface area contributed by atoms with Gasteiger partial charge in [0.15, 0.2) is 0 Å². The van der Waals surface area contributed by atoms with Crippen LogP contribution < -0.4 is 4.90 Å². The van der Waals surface area contributed by atoms with Gasteiger partial charge in [0.05, 0.1) is 18.5 Å². The van der Waals surface area contributed by atoms with Crippen molar-refractivity contribution >= 4 is 30.5 Å². The molecule has 0 spiro atoms. The zero-order chi connectivity index (χ0) is 28.9. The fourth-order valence-electron chi connectivity index (χ4n) is 3.94. The zero-order valence-electron chi connectivity index (χ0n) is 22.6. The summed E-state index contributed by atoms with van der Waals surface area (Å²) in [4.78, 5) is 38.5. The van der Waals surface area contributed by atoms with E-state index in [9.17, 15) is 18.6 Å². The number of rotatable bonds is 11. The van der Waals surface area contributed by atoms with E-state index in [4.69, 9.17) is 9.05 Å². The van der Waals surface area contributed by atoms with E-state index in [-0.39, 0.29) is 19.2 Å². The van der Waals surface area contributed by atoms with E-state index in [0.29, 0.717) is 45.5 Å². The topological polar surface area (TPSA) is 123 Å². The molecule has 0 bridgehead atoms. The maximum absolute atomic E-state index is 14.0. The SMILES string of the molecule is CCOP(=O)(O)OCn1cc(-c2ccnc(F)c2)c2cc(-c3cncc(N(C)C(=O)C=CCN(C)C)c3)cnc21. The van der Waals surface area contributed by atoms with E-state index in [1.807, 2.05) is 31.1 Å². The Morgan fingerprint density at radius 2 is 1.88 bits per heavy atom. The third-order valence-electron chi connectivity index (χ3n) is 5.91. The molecule has 4 rings (SSSR count). The first-order chi connectivity index (χ1) is 19.1. The highest BCUT2D eigenvalue weighted by Crippen LogP contribution is 2.44. The number of hydrogen-bond acceptors (Lipinski definition) is 8. The molecule has 1 amide bonds. The van der Waals surface area contributed by atoms with Gasteiger partial charge < -0.3 is 19.3 Å². The number of phosphoric ester groups is 1. The number of carbonyl (C=O) groups is 1. The molecule has 0 fully saturated rings. The van der Waals surface area contributed by atoms with Gasteiger partial charge in [-0.1, -0.05) is 6.08 Å². The summed E-state index contributed by atoms with van der Waals surface area (Å²) in [5, 5.41) is 0.636. The molecule has 40 heavy (non-hydrogen) atoms. The van der Waals surface area contributed by atoms with Crippen LogP contribution >= 0.6 is 7.82 Å². The number of halogens is 1. The van der Waals surface area contributed by atoms with Crippen LogP contribution in [0.25, 0.3) is 33.3 Å². The number of amides is 1. The number of anilines is 1. The van der Waals surface area contributed by atoms with Crippen molar-refractivity contribution in [2.75, 3.05) is 39.2 Å². The average molecular weight is 569 g/mol. The molecule has 0 radical (unpaired) electrons. The molecule has 0 aliphatic heterocycles. The van der Waals surface area contributed by atoms with Crippen LogP contribution in [0.2, 0.25) is 0 Å². The Morgan fingerprint density at radius 1 is 1.10 bits per heavy atom. The number of aromatic nitrogens is 4. The Kier molecular flexibility index (Phi) is 9.18. The van der Waals surface area contributed by atoms with Gasteiger partial charge in [0.25, 0.3) is 0 Å². The Labute approximate surface area is 231 Å². The van der Waals surface area contributed by atoms with E-state index < -0.39 is 13.8 Å². The Hall–Kier alpha value is -3.80. The summed E-state index contributed by atoms with van der Waals surface area (Å²) in [6, 6.07) is 6.62. The van der Waals surface area contributed by atoms with Crippen molar-refractivity contribution in [2.24, 2.45) is 0 Å². The molecule has 1 N–H and O–H groups in total. The zero-order valence-corrected chi connectivity index (χ0v) is 23.5. The van der Waals surface area contributed by atoms with Gasteiger partial charge in [0.1, 0.15) is 12.4 Å². The van der Waals surface area contributed by atoms with Crippen molar-refractivity contribution < 1.29 is 27.7 Å². The third kappa shape index (κ3) is 7.04. The maximum Gasteiger partial charge on any atom is 0.473 e. The summed E-state index contributed by atoms with van der Waals surface area (Å²) in [5.74, 6) is -0.846. The van der Waals surface area contributed by atoms with Crippen LogP contribution in [0.4, 0.5) is 10.1 Å². The number of fused-ring (bicyclic) bond motifs is 1. The molecule has 4 aromatic heterocycles. The van der Waals surface area contributed by atoms with E-state index in [1.54, 1.807) is 50.9 Å². The quantitative estimate of drug-likeness (QED) is 0.158. The minimum Gasteiger partial charge on any atom is -0.310 e. The van der Waals surface area contributed by atoms with Crippen molar-refractivity contribution in [2.45, 2.75) is 13.7 Å². The summed E-state index contributed by atoms with van der Waals surface area (Å²) in [6.07, 6.45) is 11.2. The highest BCUT2D eigenvalue weighted by atomic mass is 31.2. The Balaban J connectivity index is 1.72. The lowest BCUT2D eigenvalue weighted by molar-refractivity contribution is -0.113. The fourth-order valence-corrected chi connectivity index (χ4v) is 4.61. The van der Waals surface area contributed by atoms with Crippen LogP contribution in [0.15, 0.2) is 67.4 Å². The van der Waals surface area contributed by atoms with E-state index >= 15 is 0 Å². The number of phosphoric acid groups is 1. The molecule has 4 aromatic rings. The minimum atomic E-state index is -4.27. The number of nitrogens with zero attached hydrogens (tertiary/aromatic N) is 6. The second-order valence-corrected chi connectivity index (χ2v) is 10.6. The average Bonchev–Trinajstić information content (AvgIpc) is 3.29. The lowest BCUT2D eigenvalue weighted by Crippen LogP contribution is -2.24. The lowest BCUT2D eigenvalue weighted by atomic mass is 10.0. The standard InChI is InChI=1S/C27H30FN6O5P/c1-5-38-40(36,37)39-18-34-17-24(19-8-9-30-25(28)13-19)23-12-21(15-31-27(23)34)20-11-22(16-29-14-20)33(4)26(35)7-6-10-32(2)3/h6-9,11-17H,5,10,18H2,1-4H3,(H,36,37). The smallest absolute Gasteiger partial charge is 0.310 e. The molecule has 4 heterocycles. The van der Waals surface area contributed by atoms with Gasteiger partial charge in [-0.3, -0.25) is 18.8 Å². The van der Waals surface area contributed by atoms with Crippen LogP contribution in [0.1, 0.15) is 6.92 Å². The third-order valence-corrected chi connectivity index (χ3v) is 6.94. The molecule has 13 heteroatoms. The van der Waals surface area contributed by atoms with Gasteiger partial charge in [-0.05, 0) is 44.8 Å². The highest BCUT2D eigenvalue weighted by molar-refractivity contribution is 7.47. The summed E-state index contributed by atoms with van der Waals surface area (Å²) in [7, 11) is 1.24. The van der Waals surface area contributed by atoms with E-state index in [0.717, 1.165) is 0 Å². The van der Waals surface area contributed by atoms with Crippen molar-refractivity contribution in [3.05, 3.63) is 73.3 Å². The molecule has 0 aliphatic carbocycles. The van der Waals surface area contributed by atoms with Crippen LogP contribution in [0.3, 0.4) is 0 Å². The van der Waals surface area contributed by atoms with Crippen LogP contribution in [-0.4, -0.2) is 69.5 Å². The van der Waals surface area contributed by atoms with Gasteiger partial charge in [0.2, 0.25) is 11.9 Å². The normalized spacial score (nSPS) is 13.3. The van der Waals surface area contributed by atoms with Crippen molar-refractivity contribution in [1.82, 2.24) is 24.4 Å². The molecule has 0 saturated heterocycles. The van der Waals surface area contributed by atoms with Gasteiger partial charge >= 0.3 is 7.82 Å². The van der Waals surface area contributed by atoms with Crippen molar-refractivity contribution in [3.63, 3.8) is 0 Å². The molecule has 1 unspecified atom stereocenters. The Bertz CT molecular complexity index is 1590. The second kappa shape index (κ2) is 12.6. The molecule has 210 valence electrons. The van der Waals surface area contributed by atoms with Gasteiger partial charge in [-0.15, -0.1) is 0 Å². The van der Waals surface area contributed by atoms with Crippen LogP contribution in [0.5, 0.6) is 0 Å². The largest absolute Gasteiger partial charge is 0.473 e. The van der Waals surface area contributed by atoms with Gasteiger partial charge in [-0.2, -0.15) is 4.39 Å². The highest BCUT2D eigenvalue weighted by Gasteiger charge is 2.22. The number of pyridine rings is 3. The predicted molar refractivity (Wildman–Crippen MR) is 150 cm³/mol. The van der Waals surface area contributed by atoms with E-state index in [2.05, 4.69) is 15.0 Å². The van der Waals surface area contributed by atoms with Crippen molar-refractivity contribution in [3.8, 4) is 22.3 Å². The number of hydrogen-bond donors (Lipinski definition) is 1. The maximum atomic E-state index is 14.0. The first kappa shape index (κ1) is 29.2. The molecular formula is C27H30FN6O5P. The summed E-state index contributed by atoms with van der Waals surface area (Å²) < 4.78 is 37.5. The first-order valence-corrected chi connectivity index (χ1v) is 13.8. The molecule has 0 saturated carbocycles. The number of likely N-dealkylation sites (N-methyl/N-ethyl adjacent to an activating group) is 2. The summed E-state index contributed by atoms with van der Waals surface area (Å²) in [6.45, 7) is 1.90. The number of carbonyl (C=O) groups excluding carboxylic acids is 1. The molecule has 0 aromatic carbocycles. The predicted octanol–water partition coefficient (Wildman–Crippen LogP) is 4.49. The van der Waals surface area contributed by atoms with Gasteiger partial charge in [-0.25, -0.2) is 14.5 Å². The lowest BCUT2D eigenvalue weighted by Gasteiger charge is -2.16. The fraction of sp³-hybridized carbons (Fsp3) is 0.259. The van der Waals surface area contributed by atoms with Crippen LogP contribution in [-0.2, 0) is 25.1 Å². The minimum absolute atomic E-state index is 0.00358. The Morgan fingerprint density at radius 3 is 2.60 bits per heavy atom.